The van der Waals surface area contributed by atoms with E-state index in [2.05, 4.69) is 32.3 Å². The molecular weight excluding hydrogens is 448 g/mol. The van der Waals surface area contributed by atoms with E-state index in [1.165, 1.54) is 0 Å². The van der Waals surface area contributed by atoms with Gasteiger partial charge in [0.2, 0.25) is 5.95 Å². The number of allylic oxidation sites excluding steroid dienone is 1. The van der Waals surface area contributed by atoms with Crippen LogP contribution in [-0.2, 0) is 6.42 Å². The van der Waals surface area contributed by atoms with E-state index < -0.39 is 0 Å². The number of nitrogens with zero attached hydrogens (tertiary/aromatic N) is 3. The van der Waals surface area contributed by atoms with E-state index >= 15 is 0 Å². The number of aromatic nitrogens is 3. The van der Waals surface area contributed by atoms with E-state index in [4.69, 9.17) is 19.7 Å². The van der Waals surface area contributed by atoms with Gasteiger partial charge in [-0.05, 0) is 47.9 Å². The molecule has 2 aromatic carbocycles. The van der Waals surface area contributed by atoms with Crippen molar-refractivity contribution >= 4 is 27.6 Å². The Morgan fingerprint density at radius 2 is 1.87 bits per heavy atom. The summed E-state index contributed by atoms with van der Waals surface area (Å²) in [4.78, 5) is 4.66. The largest absolute Gasteiger partial charge is 0.493 e. The molecule has 1 aliphatic heterocycles. The van der Waals surface area contributed by atoms with Gasteiger partial charge < -0.3 is 19.9 Å². The second-order valence-corrected chi connectivity index (χ2v) is 7.81. The van der Waals surface area contributed by atoms with Crippen molar-refractivity contribution in [2.75, 3.05) is 26.1 Å². The van der Waals surface area contributed by atoms with Gasteiger partial charge in [-0.1, -0.05) is 34.1 Å². The van der Waals surface area contributed by atoms with Crippen molar-refractivity contribution in [1.29, 1.82) is 0 Å². The molecule has 0 unspecified atom stereocenters. The third-order valence-electron chi connectivity index (χ3n) is 4.97. The number of rotatable bonds is 7. The number of fused-ring (bicyclic) bond motifs is 1. The van der Waals surface area contributed by atoms with Crippen molar-refractivity contribution in [3.8, 4) is 11.5 Å². The summed E-state index contributed by atoms with van der Waals surface area (Å²) < 4.78 is 13.8. The van der Waals surface area contributed by atoms with E-state index in [0.29, 0.717) is 36.1 Å². The molecule has 1 aromatic heterocycles. The van der Waals surface area contributed by atoms with E-state index in [0.717, 1.165) is 21.3 Å². The molecule has 0 saturated carbocycles. The summed E-state index contributed by atoms with van der Waals surface area (Å²) in [5.74, 6) is 2.70. The average Bonchev–Trinajstić information content (AvgIpc) is 3.20. The lowest BCUT2D eigenvalue weighted by Gasteiger charge is -2.25. The van der Waals surface area contributed by atoms with Gasteiger partial charge in [-0.3, -0.25) is 0 Å². The number of benzene rings is 2. The van der Waals surface area contributed by atoms with Gasteiger partial charge >= 0.3 is 0 Å². The Kier molecular flexibility index (Phi) is 6.06. The third-order valence-corrected chi connectivity index (χ3v) is 5.50. The number of halogens is 1. The third kappa shape index (κ3) is 4.06. The lowest BCUT2D eigenvalue weighted by molar-refractivity contribution is 0.287. The van der Waals surface area contributed by atoms with Crippen molar-refractivity contribution in [2.24, 2.45) is 0 Å². The number of aryl methyl sites for hydroxylation is 1. The molecule has 0 radical (unpaired) electrons. The first-order valence-corrected chi connectivity index (χ1v) is 10.4. The van der Waals surface area contributed by atoms with Crippen LogP contribution in [0.3, 0.4) is 0 Å². The van der Waals surface area contributed by atoms with Gasteiger partial charge in [0, 0.05) is 23.2 Å². The van der Waals surface area contributed by atoms with Gasteiger partial charge in [-0.15, -0.1) is 0 Å². The molecule has 156 valence electrons. The zero-order valence-corrected chi connectivity index (χ0v) is 18.4. The highest BCUT2D eigenvalue weighted by molar-refractivity contribution is 9.10. The number of aliphatic hydroxyl groups excluding tert-OH is 1. The summed E-state index contributed by atoms with van der Waals surface area (Å²) in [6, 6.07) is 13.8. The topological polar surface area (TPSA) is 81.4 Å². The summed E-state index contributed by atoms with van der Waals surface area (Å²) in [7, 11) is 3.25. The predicted octanol–water partition coefficient (Wildman–Crippen LogP) is 4.04. The van der Waals surface area contributed by atoms with Crippen LogP contribution in [0, 0.1) is 0 Å². The minimum Gasteiger partial charge on any atom is -0.493 e. The van der Waals surface area contributed by atoms with Crippen LogP contribution in [0.25, 0.3) is 5.70 Å². The maximum Gasteiger partial charge on any atom is 0.226 e. The number of ether oxygens (including phenoxy) is 2. The molecule has 7 nitrogen and oxygen atoms in total. The molecule has 0 saturated heterocycles. The van der Waals surface area contributed by atoms with E-state index in [1.807, 2.05) is 47.1 Å². The number of aliphatic hydroxyl groups is 1. The summed E-state index contributed by atoms with van der Waals surface area (Å²) in [5.41, 5.74) is 3.01. The SMILES string of the molecule is COc1ccc([C@@H]2C=C(c3ccc(Br)cc3)Nc3nc(CCCO)nn32)cc1OC. The molecule has 1 atom stereocenters. The van der Waals surface area contributed by atoms with Crippen molar-refractivity contribution in [2.45, 2.75) is 18.9 Å². The summed E-state index contributed by atoms with van der Waals surface area (Å²) >= 11 is 3.49. The van der Waals surface area contributed by atoms with Crippen LogP contribution in [-0.4, -0.2) is 40.7 Å². The Morgan fingerprint density at radius 3 is 2.57 bits per heavy atom. The zero-order chi connectivity index (χ0) is 21.1. The molecule has 0 spiro atoms. The van der Waals surface area contributed by atoms with Crippen molar-refractivity contribution < 1.29 is 14.6 Å². The smallest absolute Gasteiger partial charge is 0.226 e. The number of hydrogen-bond acceptors (Lipinski definition) is 6. The first-order chi connectivity index (χ1) is 14.6. The Bertz CT molecular complexity index is 1060. The summed E-state index contributed by atoms with van der Waals surface area (Å²) in [6.45, 7) is 0.110. The van der Waals surface area contributed by atoms with Crippen LogP contribution < -0.4 is 14.8 Å². The number of hydrogen-bond donors (Lipinski definition) is 2. The van der Waals surface area contributed by atoms with Gasteiger partial charge in [0.25, 0.3) is 0 Å². The Balaban J connectivity index is 1.79. The molecule has 3 aromatic rings. The van der Waals surface area contributed by atoms with Gasteiger partial charge in [0.15, 0.2) is 17.3 Å². The molecule has 4 rings (SSSR count). The summed E-state index contributed by atoms with van der Waals surface area (Å²) in [6.07, 6.45) is 3.36. The van der Waals surface area contributed by atoms with Crippen molar-refractivity contribution in [3.05, 3.63) is 70.0 Å². The standard InChI is InChI=1S/C22H23BrN4O3/c1-29-19-10-7-15(12-20(19)30-2)18-13-17(14-5-8-16(23)9-6-14)24-22-25-21(4-3-11-28)26-27(18)22/h5-10,12-13,18,28H,3-4,11H2,1-2H3,(H,24,25,26)/t18-/m0/s1. The fraction of sp³-hybridized carbons (Fsp3) is 0.273. The quantitative estimate of drug-likeness (QED) is 0.542. The highest BCUT2D eigenvalue weighted by atomic mass is 79.9. The highest BCUT2D eigenvalue weighted by Gasteiger charge is 2.26. The fourth-order valence-corrected chi connectivity index (χ4v) is 3.72. The van der Waals surface area contributed by atoms with Crippen LogP contribution in [0.15, 0.2) is 53.0 Å². The molecule has 0 fully saturated rings. The summed E-state index contributed by atoms with van der Waals surface area (Å²) in [5, 5.41) is 17.3. The van der Waals surface area contributed by atoms with Crippen molar-refractivity contribution in [3.63, 3.8) is 0 Å². The van der Waals surface area contributed by atoms with Crippen LogP contribution in [0.1, 0.15) is 29.4 Å². The van der Waals surface area contributed by atoms with Crippen molar-refractivity contribution in [1.82, 2.24) is 14.8 Å². The highest BCUT2D eigenvalue weighted by Crippen LogP contribution is 2.36. The molecule has 8 heteroatoms. The second kappa shape index (κ2) is 8.89. The normalized spacial score (nSPS) is 15.2. The maximum atomic E-state index is 9.16. The van der Waals surface area contributed by atoms with E-state index in [1.54, 1.807) is 14.2 Å². The Hall–Kier alpha value is -2.84. The van der Waals surface area contributed by atoms with E-state index in [-0.39, 0.29) is 12.6 Å². The fourth-order valence-electron chi connectivity index (χ4n) is 3.45. The molecule has 2 heterocycles. The predicted molar refractivity (Wildman–Crippen MR) is 119 cm³/mol. The van der Waals surface area contributed by atoms with Gasteiger partial charge in [0.05, 0.1) is 14.2 Å². The number of methoxy groups -OCH3 is 2. The van der Waals surface area contributed by atoms with E-state index in [9.17, 15) is 0 Å². The number of nitrogens with one attached hydrogen (secondary N) is 1. The molecule has 0 amide bonds. The van der Waals surface area contributed by atoms with Crippen LogP contribution in [0.2, 0.25) is 0 Å². The number of anilines is 1. The monoisotopic (exact) mass is 470 g/mol. The average molecular weight is 471 g/mol. The van der Waals surface area contributed by atoms with Crippen LogP contribution >= 0.6 is 15.9 Å². The molecular formula is C22H23BrN4O3. The maximum absolute atomic E-state index is 9.16. The second-order valence-electron chi connectivity index (χ2n) is 6.89. The lowest BCUT2D eigenvalue weighted by atomic mass is 10.0. The molecule has 0 aliphatic carbocycles. The molecule has 2 N–H and O–H groups in total. The lowest BCUT2D eigenvalue weighted by Crippen LogP contribution is -2.20. The molecule has 0 bridgehead atoms. The first kappa shape index (κ1) is 20.4. The van der Waals surface area contributed by atoms with Gasteiger partial charge in [0.1, 0.15) is 6.04 Å². The molecule has 1 aliphatic rings. The van der Waals surface area contributed by atoms with Crippen LogP contribution in [0.4, 0.5) is 5.95 Å². The Labute approximate surface area is 183 Å². The zero-order valence-electron chi connectivity index (χ0n) is 16.8. The van der Waals surface area contributed by atoms with Gasteiger partial charge in [-0.2, -0.15) is 10.1 Å². The molecule has 30 heavy (non-hydrogen) atoms. The van der Waals surface area contributed by atoms with Crippen LogP contribution in [0.5, 0.6) is 11.5 Å². The minimum absolute atomic E-state index is 0.110. The first-order valence-electron chi connectivity index (χ1n) is 9.66. The Morgan fingerprint density at radius 1 is 1.10 bits per heavy atom. The minimum atomic E-state index is -0.171. The van der Waals surface area contributed by atoms with Gasteiger partial charge in [-0.25, -0.2) is 4.68 Å².